The number of guanidine groups is 1. The van der Waals surface area contributed by atoms with Crippen LogP contribution in [-0.2, 0) is 13.0 Å². The summed E-state index contributed by atoms with van der Waals surface area (Å²) >= 11 is 1.72. The van der Waals surface area contributed by atoms with Crippen molar-refractivity contribution >= 4 is 17.3 Å². The molecule has 0 aliphatic rings. The normalized spacial score (nSPS) is 11.6. The van der Waals surface area contributed by atoms with Gasteiger partial charge in [0.25, 0.3) is 0 Å². The second-order valence-corrected chi connectivity index (χ2v) is 6.60. The third-order valence-electron chi connectivity index (χ3n) is 3.59. The first kappa shape index (κ1) is 18.5. The van der Waals surface area contributed by atoms with Crippen molar-refractivity contribution in [3.8, 4) is 0 Å². The largest absolute Gasteiger partial charge is 0.469 e. The van der Waals surface area contributed by atoms with Crippen LogP contribution in [0.15, 0.2) is 45.3 Å². The van der Waals surface area contributed by atoms with Gasteiger partial charge in [0.15, 0.2) is 5.96 Å². The minimum atomic E-state index is 0.287. The molecular formula is C18H27N3O2S. The van der Waals surface area contributed by atoms with Crippen molar-refractivity contribution in [2.75, 3.05) is 19.7 Å². The molecule has 2 aromatic heterocycles. The van der Waals surface area contributed by atoms with Gasteiger partial charge in [-0.1, -0.05) is 18.9 Å². The van der Waals surface area contributed by atoms with Gasteiger partial charge < -0.3 is 20.2 Å². The first-order valence-electron chi connectivity index (χ1n) is 8.56. The van der Waals surface area contributed by atoms with Crippen LogP contribution in [0.4, 0.5) is 0 Å². The maximum absolute atomic E-state index is 8.80. The van der Waals surface area contributed by atoms with E-state index in [4.69, 9.17) is 9.52 Å². The highest BCUT2D eigenvalue weighted by Gasteiger charge is 2.01. The molecule has 0 bridgehead atoms. The molecule has 0 fully saturated rings. The van der Waals surface area contributed by atoms with Crippen LogP contribution in [-0.4, -0.2) is 30.8 Å². The molecule has 0 aromatic carbocycles. The zero-order valence-electron chi connectivity index (χ0n) is 14.0. The van der Waals surface area contributed by atoms with E-state index in [1.165, 1.54) is 4.88 Å². The van der Waals surface area contributed by atoms with Gasteiger partial charge in [-0.25, -0.2) is 4.99 Å². The molecule has 0 amide bonds. The summed E-state index contributed by atoms with van der Waals surface area (Å²) in [6.45, 7) is 2.66. The molecule has 0 radical (unpaired) electrons. The van der Waals surface area contributed by atoms with Gasteiger partial charge in [-0.2, -0.15) is 0 Å². The average molecular weight is 350 g/mol. The van der Waals surface area contributed by atoms with E-state index in [1.807, 2.05) is 18.2 Å². The van der Waals surface area contributed by atoms with E-state index in [1.54, 1.807) is 17.6 Å². The summed E-state index contributed by atoms with van der Waals surface area (Å²) in [6.07, 6.45) is 6.71. The zero-order chi connectivity index (χ0) is 16.9. The Labute approximate surface area is 147 Å². The molecule has 6 heteroatoms. The van der Waals surface area contributed by atoms with Crippen LogP contribution in [0, 0.1) is 0 Å². The predicted octanol–water partition coefficient (Wildman–Crippen LogP) is 3.17. The molecule has 0 saturated carbocycles. The number of aliphatic hydroxyl groups is 1. The molecule has 132 valence electrons. The smallest absolute Gasteiger partial charge is 0.191 e. The maximum atomic E-state index is 8.80. The fraction of sp³-hybridized carbons (Fsp3) is 0.500. The number of aliphatic hydroxyl groups excluding tert-OH is 1. The summed E-state index contributed by atoms with van der Waals surface area (Å²) in [4.78, 5) is 5.91. The van der Waals surface area contributed by atoms with Crippen molar-refractivity contribution in [1.29, 1.82) is 0 Å². The fourth-order valence-electron chi connectivity index (χ4n) is 2.29. The number of hydrogen-bond donors (Lipinski definition) is 3. The number of hydrogen-bond acceptors (Lipinski definition) is 4. The molecule has 3 N–H and O–H groups in total. The Morgan fingerprint density at radius 1 is 1.08 bits per heavy atom. The first-order valence-corrected chi connectivity index (χ1v) is 9.44. The molecule has 5 nitrogen and oxygen atoms in total. The lowest BCUT2D eigenvalue weighted by molar-refractivity contribution is 0.282. The van der Waals surface area contributed by atoms with E-state index < -0.39 is 0 Å². The Balaban J connectivity index is 1.73. The Kier molecular flexibility index (Phi) is 9.04. The second-order valence-electron chi connectivity index (χ2n) is 5.56. The van der Waals surface area contributed by atoms with Crippen molar-refractivity contribution in [3.63, 3.8) is 0 Å². The lowest BCUT2D eigenvalue weighted by Gasteiger charge is -2.12. The highest BCUT2D eigenvalue weighted by Crippen LogP contribution is 2.09. The summed E-state index contributed by atoms with van der Waals surface area (Å²) in [7, 11) is 0. The van der Waals surface area contributed by atoms with Gasteiger partial charge in [-0.15, -0.1) is 11.3 Å². The van der Waals surface area contributed by atoms with Crippen LogP contribution in [0.3, 0.4) is 0 Å². The van der Waals surface area contributed by atoms with Gasteiger partial charge in [0.1, 0.15) is 5.76 Å². The van der Waals surface area contributed by atoms with Gasteiger partial charge in [-0.3, -0.25) is 0 Å². The average Bonchev–Trinajstić information content (AvgIpc) is 3.28. The molecule has 0 aliphatic carbocycles. The van der Waals surface area contributed by atoms with Gasteiger partial charge in [0, 0.05) is 31.0 Å². The lowest BCUT2D eigenvalue weighted by Crippen LogP contribution is -2.38. The monoisotopic (exact) mass is 349 g/mol. The quantitative estimate of drug-likeness (QED) is 0.331. The number of unbranched alkanes of at least 4 members (excludes halogenated alkanes) is 3. The van der Waals surface area contributed by atoms with Gasteiger partial charge >= 0.3 is 0 Å². The number of furan rings is 1. The fourth-order valence-corrected chi connectivity index (χ4v) is 2.92. The number of nitrogens with one attached hydrogen (secondary N) is 2. The SMILES string of the molecule is OCCCCCCNC(=NCc1cccs1)NCCc1ccco1. The van der Waals surface area contributed by atoms with E-state index in [-0.39, 0.29) is 6.61 Å². The summed E-state index contributed by atoms with van der Waals surface area (Å²) in [5.41, 5.74) is 0. The zero-order valence-corrected chi connectivity index (χ0v) is 14.9. The number of aliphatic imine (C=N–C) groups is 1. The molecule has 0 atom stereocenters. The number of thiophene rings is 1. The topological polar surface area (TPSA) is 69.8 Å². The van der Waals surface area contributed by atoms with Gasteiger partial charge in [0.2, 0.25) is 0 Å². The molecule has 0 saturated heterocycles. The van der Waals surface area contributed by atoms with Gasteiger partial charge in [-0.05, 0) is 36.4 Å². The lowest BCUT2D eigenvalue weighted by atomic mass is 10.2. The molecule has 0 aliphatic heterocycles. The molecule has 2 heterocycles. The molecule has 0 spiro atoms. The van der Waals surface area contributed by atoms with Crippen molar-refractivity contribution in [1.82, 2.24) is 10.6 Å². The Morgan fingerprint density at radius 3 is 2.71 bits per heavy atom. The van der Waals surface area contributed by atoms with Crippen LogP contribution in [0.5, 0.6) is 0 Å². The van der Waals surface area contributed by atoms with E-state index in [2.05, 4.69) is 27.1 Å². The van der Waals surface area contributed by atoms with E-state index in [9.17, 15) is 0 Å². The van der Waals surface area contributed by atoms with Crippen LogP contribution in [0.2, 0.25) is 0 Å². The molecule has 24 heavy (non-hydrogen) atoms. The molecule has 2 rings (SSSR count). The van der Waals surface area contributed by atoms with E-state index in [0.717, 1.165) is 56.9 Å². The van der Waals surface area contributed by atoms with Crippen molar-refractivity contribution < 1.29 is 9.52 Å². The summed E-state index contributed by atoms with van der Waals surface area (Å²) in [5.74, 6) is 1.82. The third kappa shape index (κ3) is 7.66. The van der Waals surface area contributed by atoms with Crippen LogP contribution < -0.4 is 10.6 Å². The first-order chi connectivity index (χ1) is 11.9. The predicted molar refractivity (Wildman–Crippen MR) is 99.4 cm³/mol. The van der Waals surface area contributed by atoms with Crippen molar-refractivity contribution in [2.45, 2.75) is 38.6 Å². The second kappa shape index (κ2) is 11.7. The van der Waals surface area contributed by atoms with Crippen LogP contribution in [0.1, 0.15) is 36.3 Å². The Hall–Kier alpha value is -1.79. The van der Waals surface area contributed by atoms with Crippen molar-refractivity contribution in [2.24, 2.45) is 4.99 Å². The third-order valence-corrected chi connectivity index (χ3v) is 4.46. The van der Waals surface area contributed by atoms with E-state index >= 15 is 0 Å². The van der Waals surface area contributed by atoms with E-state index in [0.29, 0.717) is 6.54 Å². The van der Waals surface area contributed by atoms with Crippen molar-refractivity contribution in [3.05, 3.63) is 46.5 Å². The number of nitrogens with zero attached hydrogens (tertiary/aromatic N) is 1. The van der Waals surface area contributed by atoms with Crippen LogP contribution in [0.25, 0.3) is 0 Å². The summed E-state index contributed by atoms with van der Waals surface area (Å²) in [6, 6.07) is 8.04. The van der Waals surface area contributed by atoms with Crippen LogP contribution >= 0.6 is 11.3 Å². The maximum Gasteiger partial charge on any atom is 0.191 e. The highest BCUT2D eigenvalue weighted by atomic mass is 32.1. The Morgan fingerprint density at radius 2 is 1.96 bits per heavy atom. The highest BCUT2D eigenvalue weighted by molar-refractivity contribution is 7.09. The standard InChI is InChI=1S/C18H27N3O2S/c22-12-4-2-1-3-10-19-18(21-15-17-8-6-14-24-17)20-11-9-16-7-5-13-23-16/h5-8,13-14,22H,1-4,9-12,15H2,(H2,19,20,21). The molecular weight excluding hydrogens is 322 g/mol. The summed E-state index contributed by atoms with van der Waals surface area (Å²) in [5, 5.41) is 17.6. The summed E-state index contributed by atoms with van der Waals surface area (Å²) < 4.78 is 5.35. The molecule has 0 unspecified atom stereocenters. The minimum absolute atomic E-state index is 0.287. The van der Waals surface area contributed by atoms with Gasteiger partial charge in [0.05, 0.1) is 12.8 Å². The minimum Gasteiger partial charge on any atom is -0.469 e. The Bertz CT molecular complexity index is 553. The molecule has 2 aromatic rings. The number of rotatable bonds is 11.